The number of nitrogens with zero attached hydrogens (tertiary/aromatic N) is 1. The molecule has 5 heteroatoms. The zero-order valence-electron chi connectivity index (χ0n) is 18.2. The summed E-state index contributed by atoms with van der Waals surface area (Å²) in [6.45, 7) is 6.93. The standard InChI is InChI=1S/C24H38N2O3/c1-23-8-5-16(26-29-17-7-10-25-13-17)12-21(23)15(14-27)11-18-19-3-4-22(28)24(19,2)9-6-20(18)23/h15,17-21,25,27H,3-14H2,1-2H3/b26-16-/t15?,17-,18+,19+,20-,21?,23-,24+/m1/s1. The van der Waals surface area contributed by atoms with Gasteiger partial charge in [-0.05, 0) is 86.5 Å². The number of Topliss-reactive ketones (excluding diaryl/α,β-unsaturated/α-hetero) is 1. The Balaban J connectivity index is 1.37. The molecule has 0 radical (unpaired) electrons. The summed E-state index contributed by atoms with van der Waals surface area (Å²) in [4.78, 5) is 18.5. The van der Waals surface area contributed by atoms with E-state index in [9.17, 15) is 9.90 Å². The van der Waals surface area contributed by atoms with Crippen LogP contribution >= 0.6 is 0 Å². The van der Waals surface area contributed by atoms with Crippen molar-refractivity contribution in [2.45, 2.75) is 77.7 Å². The molecule has 2 unspecified atom stereocenters. The molecular formula is C24H38N2O3. The Hall–Kier alpha value is -0.940. The van der Waals surface area contributed by atoms with Crippen molar-refractivity contribution in [2.75, 3.05) is 19.7 Å². The van der Waals surface area contributed by atoms with Crippen LogP contribution in [0.15, 0.2) is 5.16 Å². The van der Waals surface area contributed by atoms with Gasteiger partial charge in [-0.25, -0.2) is 0 Å². The maximum absolute atomic E-state index is 12.7. The molecule has 0 aromatic carbocycles. The Morgan fingerprint density at radius 1 is 1.14 bits per heavy atom. The summed E-state index contributed by atoms with van der Waals surface area (Å²) in [7, 11) is 0. The summed E-state index contributed by atoms with van der Waals surface area (Å²) in [5, 5.41) is 18.3. The Morgan fingerprint density at radius 2 is 2.00 bits per heavy atom. The molecule has 29 heavy (non-hydrogen) atoms. The number of aliphatic hydroxyl groups is 1. The third-order valence-electron chi connectivity index (χ3n) is 9.97. The van der Waals surface area contributed by atoms with Gasteiger partial charge in [-0.3, -0.25) is 4.79 Å². The number of carbonyl (C=O) groups is 1. The van der Waals surface area contributed by atoms with Gasteiger partial charge in [-0.2, -0.15) is 0 Å². The number of carbonyl (C=O) groups excluding carboxylic acids is 1. The monoisotopic (exact) mass is 402 g/mol. The van der Waals surface area contributed by atoms with E-state index in [0.717, 1.165) is 64.5 Å². The topological polar surface area (TPSA) is 70.9 Å². The zero-order valence-corrected chi connectivity index (χ0v) is 18.2. The quantitative estimate of drug-likeness (QED) is 0.708. The van der Waals surface area contributed by atoms with E-state index in [4.69, 9.17) is 4.84 Å². The van der Waals surface area contributed by atoms with E-state index in [1.54, 1.807) is 0 Å². The molecule has 0 amide bonds. The first-order valence-corrected chi connectivity index (χ1v) is 12.0. The number of hydrogen-bond acceptors (Lipinski definition) is 5. The molecule has 0 aromatic heterocycles. The van der Waals surface area contributed by atoms with Crippen LogP contribution in [-0.2, 0) is 9.63 Å². The average molecular weight is 403 g/mol. The number of aliphatic hydroxyl groups excluding tert-OH is 1. The molecule has 1 aliphatic heterocycles. The van der Waals surface area contributed by atoms with Crippen LogP contribution in [0.1, 0.15) is 71.6 Å². The van der Waals surface area contributed by atoms with Crippen molar-refractivity contribution in [1.29, 1.82) is 0 Å². The molecule has 4 saturated carbocycles. The lowest BCUT2D eigenvalue weighted by Crippen LogP contribution is -2.57. The Kier molecular flexibility index (Phi) is 5.05. The summed E-state index contributed by atoms with van der Waals surface area (Å²) in [6, 6.07) is 0. The van der Waals surface area contributed by atoms with Crippen LogP contribution in [0.2, 0.25) is 0 Å². The lowest BCUT2D eigenvalue weighted by Gasteiger charge is -2.61. The first kappa shape index (κ1) is 20.0. The van der Waals surface area contributed by atoms with Crippen molar-refractivity contribution in [1.82, 2.24) is 5.32 Å². The second-order valence-electron chi connectivity index (χ2n) is 11.2. The zero-order chi connectivity index (χ0) is 20.2. The summed E-state index contributed by atoms with van der Waals surface area (Å²) in [5.74, 6) is 3.17. The van der Waals surface area contributed by atoms with Crippen LogP contribution < -0.4 is 5.32 Å². The van der Waals surface area contributed by atoms with Crippen molar-refractivity contribution >= 4 is 11.5 Å². The summed E-state index contributed by atoms with van der Waals surface area (Å²) in [5.41, 5.74) is 1.37. The van der Waals surface area contributed by atoms with Crippen LogP contribution in [-0.4, -0.2) is 42.4 Å². The molecule has 1 saturated heterocycles. The van der Waals surface area contributed by atoms with E-state index in [2.05, 4.69) is 24.3 Å². The normalized spacial score (nSPS) is 50.9. The van der Waals surface area contributed by atoms with Crippen LogP contribution in [0.25, 0.3) is 0 Å². The lowest BCUT2D eigenvalue weighted by molar-refractivity contribution is -0.145. The van der Waals surface area contributed by atoms with E-state index >= 15 is 0 Å². The highest BCUT2D eigenvalue weighted by Gasteiger charge is 2.61. The van der Waals surface area contributed by atoms with Gasteiger partial charge in [-0.1, -0.05) is 19.0 Å². The highest BCUT2D eigenvalue weighted by molar-refractivity contribution is 5.87. The van der Waals surface area contributed by atoms with Gasteiger partial charge in [0.25, 0.3) is 0 Å². The van der Waals surface area contributed by atoms with E-state index in [-0.39, 0.29) is 23.5 Å². The highest BCUT2D eigenvalue weighted by Crippen LogP contribution is 2.66. The molecular weight excluding hydrogens is 364 g/mol. The van der Waals surface area contributed by atoms with Gasteiger partial charge in [0.2, 0.25) is 0 Å². The highest BCUT2D eigenvalue weighted by atomic mass is 16.6. The fourth-order valence-corrected chi connectivity index (χ4v) is 8.23. The minimum atomic E-state index is -0.0885. The molecule has 4 aliphatic carbocycles. The van der Waals surface area contributed by atoms with E-state index < -0.39 is 0 Å². The van der Waals surface area contributed by atoms with Crippen LogP contribution in [0.3, 0.4) is 0 Å². The van der Waals surface area contributed by atoms with Gasteiger partial charge in [0.15, 0.2) is 0 Å². The second-order valence-corrected chi connectivity index (χ2v) is 11.2. The molecule has 0 bridgehead atoms. The first-order chi connectivity index (χ1) is 14.0. The molecule has 162 valence electrons. The fourth-order valence-electron chi connectivity index (χ4n) is 8.23. The Morgan fingerprint density at radius 3 is 2.76 bits per heavy atom. The average Bonchev–Trinajstić information content (AvgIpc) is 3.34. The SMILES string of the molecule is C[C@]12CC/C(=N/O[C@@H]3CCNC3)CC1C(CO)C[C@@H]1[C@H]2CC[C@]2(C)C(=O)CC[C@@H]12. The fraction of sp³-hybridized carbons (Fsp3) is 0.917. The molecule has 8 atom stereocenters. The summed E-state index contributed by atoms with van der Waals surface area (Å²) >= 11 is 0. The maximum atomic E-state index is 12.7. The second kappa shape index (κ2) is 7.33. The maximum Gasteiger partial charge on any atom is 0.141 e. The van der Waals surface area contributed by atoms with Crippen molar-refractivity contribution < 1.29 is 14.7 Å². The molecule has 0 spiro atoms. The van der Waals surface area contributed by atoms with E-state index in [1.807, 2.05) is 0 Å². The van der Waals surface area contributed by atoms with Crippen molar-refractivity contribution in [3.05, 3.63) is 0 Å². The predicted molar refractivity (Wildman–Crippen MR) is 112 cm³/mol. The van der Waals surface area contributed by atoms with Gasteiger partial charge in [0.1, 0.15) is 11.9 Å². The van der Waals surface area contributed by atoms with Crippen LogP contribution in [0, 0.1) is 40.4 Å². The number of ketones is 1. The minimum absolute atomic E-state index is 0.0885. The molecule has 5 rings (SSSR count). The predicted octanol–water partition coefficient (Wildman–Crippen LogP) is 3.55. The first-order valence-electron chi connectivity index (χ1n) is 12.0. The molecule has 1 heterocycles. The third-order valence-corrected chi connectivity index (χ3v) is 9.97. The van der Waals surface area contributed by atoms with Crippen molar-refractivity contribution in [3.8, 4) is 0 Å². The molecule has 5 aliphatic rings. The summed E-state index contributed by atoms with van der Waals surface area (Å²) < 4.78 is 0. The van der Waals surface area contributed by atoms with E-state index in [0.29, 0.717) is 35.4 Å². The third kappa shape index (κ3) is 3.10. The van der Waals surface area contributed by atoms with Gasteiger partial charge < -0.3 is 15.3 Å². The Labute approximate surface area is 175 Å². The molecule has 5 nitrogen and oxygen atoms in total. The van der Waals surface area contributed by atoms with Crippen molar-refractivity contribution in [3.63, 3.8) is 0 Å². The lowest BCUT2D eigenvalue weighted by atomic mass is 9.43. The van der Waals surface area contributed by atoms with E-state index in [1.165, 1.54) is 12.1 Å². The molecule has 2 N–H and O–H groups in total. The Bertz CT molecular complexity index is 688. The van der Waals surface area contributed by atoms with Gasteiger partial charge in [0, 0.05) is 31.4 Å². The van der Waals surface area contributed by atoms with Gasteiger partial charge in [0.05, 0.1) is 5.71 Å². The number of rotatable bonds is 3. The summed E-state index contributed by atoms with van der Waals surface area (Å²) in [6.07, 6.45) is 9.61. The number of nitrogens with one attached hydrogen (secondary N) is 1. The van der Waals surface area contributed by atoms with Crippen molar-refractivity contribution in [2.24, 2.45) is 45.6 Å². The van der Waals surface area contributed by atoms with Gasteiger partial charge >= 0.3 is 0 Å². The van der Waals surface area contributed by atoms with Gasteiger partial charge in [-0.15, -0.1) is 0 Å². The number of fused-ring (bicyclic) bond motifs is 5. The molecule has 0 aromatic rings. The molecule has 5 fully saturated rings. The minimum Gasteiger partial charge on any atom is -0.396 e. The van der Waals surface area contributed by atoms with Crippen LogP contribution in [0.5, 0.6) is 0 Å². The smallest absolute Gasteiger partial charge is 0.141 e. The largest absolute Gasteiger partial charge is 0.396 e. The number of hydrogen-bond donors (Lipinski definition) is 2. The number of oxime groups is 1. The van der Waals surface area contributed by atoms with Crippen LogP contribution in [0.4, 0.5) is 0 Å².